The number of likely N-dealkylation sites (tertiary alicyclic amines) is 2. The first-order valence-electron chi connectivity index (χ1n) is 13.3. The van der Waals surface area contributed by atoms with Gasteiger partial charge in [0.2, 0.25) is 0 Å². The molecule has 0 spiro atoms. The van der Waals surface area contributed by atoms with Crippen LogP contribution in [0.3, 0.4) is 0 Å². The topological polar surface area (TPSA) is 77.9 Å². The van der Waals surface area contributed by atoms with Crippen molar-refractivity contribution in [3.8, 4) is 0 Å². The molecule has 0 bridgehead atoms. The summed E-state index contributed by atoms with van der Waals surface area (Å²) in [5, 5.41) is 9.56. The molecule has 0 aromatic heterocycles. The Morgan fingerprint density at radius 2 is 1.68 bits per heavy atom. The van der Waals surface area contributed by atoms with Crippen molar-refractivity contribution in [1.29, 1.82) is 0 Å². The SMILES string of the molecule is O=C(O)C(CC(F)(F)F)N1C[C@H](CN2CCC(CCS(=O)(=O)c3ccc(F)cc3)CC2)[C@@H](c2cccc(F)c2)C1. The van der Waals surface area contributed by atoms with Gasteiger partial charge in [0.1, 0.15) is 17.7 Å². The molecule has 0 aliphatic carbocycles. The summed E-state index contributed by atoms with van der Waals surface area (Å²) in [6.45, 7) is 2.07. The van der Waals surface area contributed by atoms with Gasteiger partial charge in [-0.1, -0.05) is 12.1 Å². The van der Waals surface area contributed by atoms with Gasteiger partial charge >= 0.3 is 12.1 Å². The third-order valence-electron chi connectivity index (χ3n) is 8.06. The summed E-state index contributed by atoms with van der Waals surface area (Å²) in [6, 6.07) is 8.95. The lowest BCUT2D eigenvalue weighted by Gasteiger charge is -2.35. The number of rotatable bonds is 10. The molecule has 1 N–H and O–H groups in total. The van der Waals surface area contributed by atoms with Gasteiger partial charge in [0.05, 0.1) is 17.1 Å². The molecule has 12 heteroatoms. The summed E-state index contributed by atoms with van der Waals surface area (Å²) in [7, 11) is -3.53. The number of hydrogen-bond donors (Lipinski definition) is 1. The van der Waals surface area contributed by atoms with Gasteiger partial charge in [0.25, 0.3) is 0 Å². The molecule has 2 saturated heterocycles. The monoisotopic (exact) mass is 588 g/mol. The summed E-state index contributed by atoms with van der Waals surface area (Å²) < 4.78 is 91.8. The molecule has 4 rings (SSSR count). The molecule has 2 aromatic rings. The number of sulfone groups is 1. The summed E-state index contributed by atoms with van der Waals surface area (Å²) in [5.41, 5.74) is 0.629. The lowest BCUT2D eigenvalue weighted by molar-refractivity contribution is -0.165. The highest BCUT2D eigenvalue weighted by Gasteiger charge is 2.44. The normalized spacial score (nSPS) is 22.4. The predicted molar refractivity (Wildman–Crippen MR) is 139 cm³/mol. The molecule has 2 aliphatic rings. The molecule has 3 atom stereocenters. The third-order valence-corrected chi connectivity index (χ3v) is 9.83. The third kappa shape index (κ3) is 8.01. The molecule has 2 heterocycles. The van der Waals surface area contributed by atoms with Gasteiger partial charge in [-0.05, 0) is 86.1 Å². The zero-order valence-corrected chi connectivity index (χ0v) is 22.7. The first kappa shape index (κ1) is 30.4. The maximum absolute atomic E-state index is 14.0. The number of halogens is 5. The fraction of sp³-hybridized carbons (Fsp3) is 0.536. The van der Waals surface area contributed by atoms with Gasteiger partial charge in [-0.3, -0.25) is 9.69 Å². The van der Waals surface area contributed by atoms with Gasteiger partial charge in [0.15, 0.2) is 9.84 Å². The molecule has 0 radical (unpaired) electrons. The number of carboxylic acids is 1. The van der Waals surface area contributed by atoms with E-state index >= 15 is 0 Å². The highest BCUT2D eigenvalue weighted by Crippen LogP contribution is 2.37. The molecule has 40 heavy (non-hydrogen) atoms. The van der Waals surface area contributed by atoms with Crippen LogP contribution >= 0.6 is 0 Å². The second-order valence-corrected chi connectivity index (χ2v) is 13.0. The van der Waals surface area contributed by atoms with E-state index in [9.17, 15) is 40.3 Å². The maximum atomic E-state index is 14.0. The van der Waals surface area contributed by atoms with Crippen molar-refractivity contribution in [3.05, 3.63) is 65.7 Å². The lowest BCUT2D eigenvalue weighted by atomic mass is 9.87. The molecule has 1 unspecified atom stereocenters. The highest BCUT2D eigenvalue weighted by atomic mass is 32.2. The number of nitrogens with zero attached hydrogens (tertiary/aromatic N) is 2. The van der Waals surface area contributed by atoms with Crippen molar-refractivity contribution in [2.45, 2.75) is 48.7 Å². The van der Waals surface area contributed by atoms with Gasteiger partial charge in [-0.2, -0.15) is 13.2 Å². The number of benzene rings is 2. The van der Waals surface area contributed by atoms with Crippen molar-refractivity contribution in [2.24, 2.45) is 11.8 Å². The number of piperidine rings is 1. The summed E-state index contributed by atoms with van der Waals surface area (Å²) in [6.07, 6.45) is -4.15. The molecule has 0 amide bonds. The van der Waals surface area contributed by atoms with E-state index in [1.165, 1.54) is 29.2 Å². The van der Waals surface area contributed by atoms with Crippen LogP contribution in [0, 0.1) is 23.5 Å². The smallest absolute Gasteiger partial charge is 0.391 e. The Labute approximate surface area is 230 Å². The number of alkyl halides is 3. The Balaban J connectivity index is 1.38. The minimum atomic E-state index is -4.64. The fourth-order valence-electron chi connectivity index (χ4n) is 5.92. The van der Waals surface area contributed by atoms with Crippen LogP contribution < -0.4 is 0 Å². The molecule has 220 valence electrons. The van der Waals surface area contributed by atoms with Gasteiger partial charge in [0, 0.05) is 25.6 Å². The minimum absolute atomic E-state index is 0.0433. The van der Waals surface area contributed by atoms with Crippen LogP contribution in [0.1, 0.15) is 37.2 Å². The molecule has 2 aliphatic heterocycles. The van der Waals surface area contributed by atoms with E-state index in [-0.39, 0.29) is 41.5 Å². The first-order valence-corrected chi connectivity index (χ1v) is 15.0. The van der Waals surface area contributed by atoms with E-state index in [0.29, 0.717) is 31.6 Å². The van der Waals surface area contributed by atoms with E-state index in [2.05, 4.69) is 4.90 Å². The molecular formula is C28H33F5N2O4S. The lowest BCUT2D eigenvalue weighted by Crippen LogP contribution is -2.43. The maximum Gasteiger partial charge on any atom is 0.391 e. The zero-order valence-electron chi connectivity index (χ0n) is 21.9. The Morgan fingerprint density at radius 1 is 1.00 bits per heavy atom. The summed E-state index contributed by atoms with van der Waals surface area (Å²) in [4.78, 5) is 15.4. The summed E-state index contributed by atoms with van der Waals surface area (Å²) in [5.74, 6) is -2.90. The predicted octanol–water partition coefficient (Wildman–Crippen LogP) is 4.96. The van der Waals surface area contributed by atoms with E-state index < -0.39 is 46.1 Å². The van der Waals surface area contributed by atoms with Gasteiger partial charge in [-0.15, -0.1) is 0 Å². The van der Waals surface area contributed by atoms with Crippen molar-refractivity contribution in [2.75, 3.05) is 38.5 Å². The molecule has 0 saturated carbocycles. The molecular weight excluding hydrogens is 555 g/mol. The molecule has 2 aromatic carbocycles. The van der Waals surface area contributed by atoms with Crippen LogP contribution in [0.15, 0.2) is 53.4 Å². The van der Waals surface area contributed by atoms with E-state index in [1.807, 2.05) is 0 Å². The second-order valence-electron chi connectivity index (χ2n) is 10.9. The van der Waals surface area contributed by atoms with E-state index in [1.54, 1.807) is 12.1 Å². The quantitative estimate of drug-likeness (QED) is 0.312. The van der Waals surface area contributed by atoms with Crippen molar-refractivity contribution in [1.82, 2.24) is 9.80 Å². The Kier molecular flexibility index (Phi) is 9.51. The average Bonchev–Trinajstić information content (AvgIpc) is 3.30. The number of carboxylic acid groups (broad SMARTS) is 1. The Morgan fingerprint density at radius 3 is 2.27 bits per heavy atom. The molecule has 2 fully saturated rings. The van der Waals surface area contributed by atoms with Crippen molar-refractivity contribution in [3.63, 3.8) is 0 Å². The largest absolute Gasteiger partial charge is 0.480 e. The standard InChI is InChI=1S/C28H33F5N2O4S/c29-22-4-6-24(7-5-22)40(38,39)13-10-19-8-11-34(12-9-19)16-21-17-35(26(27(36)37)15-28(31,32)33)18-25(21)20-2-1-3-23(30)14-20/h1-7,14,19,21,25-26H,8-13,15-18H2,(H,36,37)/t21-,25+,26?/m0/s1. The summed E-state index contributed by atoms with van der Waals surface area (Å²) >= 11 is 0. The van der Waals surface area contributed by atoms with Crippen molar-refractivity contribution < 1.29 is 40.3 Å². The average molecular weight is 589 g/mol. The van der Waals surface area contributed by atoms with Crippen LogP contribution in [0.5, 0.6) is 0 Å². The van der Waals surface area contributed by atoms with Crippen LogP contribution in [0.4, 0.5) is 22.0 Å². The van der Waals surface area contributed by atoms with Crippen LogP contribution in [0.2, 0.25) is 0 Å². The van der Waals surface area contributed by atoms with Crippen LogP contribution in [0.25, 0.3) is 0 Å². The van der Waals surface area contributed by atoms with E-state index in [4.69, 9.17) is 0 Å². The molecule has 6 nitrogen and oxygen atoms in total. The fourth-order valence-corrected chi connectivity index (χ4v) is 7.35. The van der Waals surface area contributed by atoms with Crippen LogP contribution in [-0.4, -0.2) is 80.0 Å². The van der Waals surface area contributed by atoms with Crippen molar-refractivity contribution >= 4 is 15.8 Å². The highest BCUT2D eigenvalue weighted by molar-refractivity contribution is 7.91. The second kappa shape index (κ2) is 12.5. The Bertz CT molecular complexity index is 1260. The zero-order chi connectivity index (χ0) is 29.1. The Hall–Kier alpha value is -2.57. The first-order chi connectivity index (χ1) is 18.8. The van der Waals surface area contributed by atoms with Crippen LogP contribution in [-0.2, 0) is 14.6 Å². The van der Waals surface area contributed by atoms with E-state index in [0.717, 1.165) is 25.0 Å². The number of hydrogen-bond acceptors (Lipinski definition) is 5. The minimum Gasteiger partial charge on any atom is -0.480 e. The van der Waals surface area contributed by atoms with Gasteiger partial charge in [-0.25, -0.2) is 17.2 Å². The van der Waals surface area contributed by atoms with Gasteiger partial charge < -0.3 is 10.0 Å². The number of aliphatic carboxylic acids is 1. The number of carbonyl (C=O) groups is 1.